The third-order valence-electron chi connectivity index (χ3n) is 2.69. The average molecular weight is 248 g/mol. The number of benzene rings is 1. The van der Waals surface area contributed by atoms with Crippen LogP contribution in [-0.4, -0.2) is 19.0 Å². The molecule has 0 aromatic heterocycles. The van der Waals surface area contributed by atoms with Gasteiger partial charge in [0.05, 0.1) is 0 Å². The first-order valence-electron chi connectivity index (χ1n) is 6.61. The van der Waals surface area contributed by atoms with E-state index in [4.69, 9.17) is 0 Å². The zero-order valence-corrected chi connectivity index (χ0v) is 11.6. The van der Waals surface area contributed by atoms with E-state index >= 15 is 0 Å². The fourth-order valence-corrected chi connectivity index (χ4v) is 1.71. The van der Waals surface area contributed by atoms with Gasteiger partial charge in [0.1, 0.15) is 0 Å². The van der Waals surface area contributed by atoms with Crippen LogP contribution in [0.4, 0.5) is 0 Å². The van der Waals surface area contributed by atoms with Gasteiger partial charge in [0, 0.05) is 20.0 Å². The van der Waals surface area contributed by atoms with Crippen LogP contribution in [0.1, 0.15) is 31.9 Å². The van der Waals surface area contributed by atoms with E-state index in [1.54, 1.807) is 6.92 Å². The van der Waals surface area contributed by atoms with Crippen molar-refractivity contribution >= 4 is 5.91 Å². The zero-order valence-electron chi connectivity index (χ0n) is 11.6. The normalized spacial score (nSPS) is 10.7. The van der Waals surface area contributed by atoms with Gasteiger partial charge in [-0.1, -0.05) is 38.1 Å². The lowest BCUT2D eigenvalue weighted by Crippen LogP contribution is -2.22. The van der Waals surface area contributed by atoms with E-state index < -0.39 is 0 Å². The number of amides is 1. The Morgan fingerprint density at radius 3 is 2.33 bits per heavy atom. The van der Waals surface area contributed by atoms with Gasteiger partial charge in [0.15, 0.2) is 0 Å². The number of nitrogens with one attached hydrogen (secondary N) is 2. The molecule has 0 spiro atoms. The minimum Gasteiger partial charge on any atom is -0.356 e. The summed E-state index contributed by atoms with van der Waals surface area (Å²) in [6.07, 6.45) is 0.888. The predicted molar refractivity (Wildman–Crippen MR) is 75.4 cm³/mol. The first-order valence-corrected chi connectivity index (χ1v) is 6.61. The van der Waals surface area contributed by atoms with Gasteiger partial charge in [0.2, 0.25) is 5.91 Å². The molecule has 3 nitrogen and oxygen atoms in total. The predicted octanol–water partition coefficient (Wildman–Crippen LogP) is 2.11. The first kappa shape index (κ1) is 14.7. The molecule has 0 unspecified atom stereocenters. The largest absolute Gasteiger partial charge is 0.356 e. The van der Waals surface area contributed by atoms with Crippen LogP contribution in [0.25, 0.3) is 0 Å². The Bertz CT molecular complexity index is 357. The zero-order chi connectivity index (χ0) is 13.4. The van der Waals surface area contributed by atoms with Gasteiger partial charge in [-0.25, -0.2) is 0 Å². The van der Waals surface area contributed by atoms with E-state index in [1.807, 2.05) is 0 Å². The lowest BCUT2D eigenvalue weighted by atomic mass is 10.1. The molecule has 1 rings (SSSR count). The van der Waals surface area contributed by atoms with Crippen molar-refractivity contribution in [1.82, 2.24) is 10.6 Å². The summed E-state index contributed by atoms with van der Waals surface area (Å²) < 4.78 is 0. The van der Waals surface area contributed by atoms with Crippen molar-refractivity contribution in [2.45, 2.75) is 33.7 Å². The van der Waals surface area contributed by atoms with E-state index in [1.165, 1.54) is 11.1 Å². The van der Waals surface area contributed by atoms with Crippen LogP contribution >= 0.6 is 0 Å². The van der Waals surface area contributed by atoms with Gasteiger partial charge in [-0.2, -0.15) is 0 Å². The van der Waals surface area contributed by atoms with Crippen LogP contribution in [-0.2, 0) is 17.8 Å². The average Bonchev–Trinajstić information content (AvgIpc) is 2.30. The minimum absolute atomic E-state index is 0.0319. The Hall–Kier alpha value is -1.35. The minimum atomic E-state index is 0.0319. The number of hydrogen-bond donors (Lipinski definition) is 2. The number of hydrogen-bond acceptors (Lipinski definition) is 2. The summed E-state index contributed by atoms with van der Waals surface area (Å²) in [5.41, 5.74) is 2.57. The molecule has 1 amide bonds. The molecule has 0 aliphatic heterocycles. The highest BCUT2D eigenvalue weighted by Crippen LogP contribution is 2.05. The Balaban J connectivity index is 2.31. The quantitative estimate of drug-likeness (QED) is 0.776. The third-order valence-corrected chi connectivity index (χ3v) is 2.69. The molecular formula is C15H24N2O. The van der Waals surface area contributed by atoms with Gasteiger partial charge in [-0.15, -0.1) is 0 Å². The highest BCUT2D eigenvalue weighted by molar-refractivity contribution is 5.72. The van der Waals surface area contributed by atoms with E-state index in [9.17, 15) is 4.79 Å². The monoisotopic (exact) mass is 248 g/mol. The van der Waals surface area contributed by atoms with Crippen LogP contribution < -0.4 is 10.6 Å². The van der Waals surface area contributed by atoms with Crippen LogP contribution in [0.5, 0.6) is 0 Å². The number of carbonyl (C=O) groups excluding carboxylic acids is 1. The van der Waals surface area contributed by atoms with E-state index in [0.717, 1.165) is 19.5 Å². The lowest BCUT2D eigenvalue weighted by Gasteiger charge is -2.08. The SMILES string of the molecule is CC(=O)NCCc1ccc(CNCC(C)C)cc1. The Labute approximate surface area is 110 Å². The summed E-state index contributed by atoms with van der Waals surface area (Å²) in [4.78, 5) is 10.7. The second-order valence-corrected chi connectivity index (χ2v) is 5.07. The van der Waals surface area contributed by atoms with Crippen molar-refractivity contribution in [3.05, 3.63) is 35.4 Å². The molecule has 0 fully saturated rings. The molecule has 0 radical (unpaired) electrons. The van der Waals surface area contributed by atoms with Crippen molar-refractivity contribution < 1.29 is 4.79 Å². The highest BCUT2D eigenvalue weighted by Gasteiger charge is 1.97. The third kappa shape index (κ3) is 6.40. The van der Waals surface area contributed by atoms with Gasteiger partial charge in [-0.05, 0) is 30.0 Å². The highest BCUT2D eigenvalue weighted by atomic mass is 16.1. The van der Waals surface area contributed by atoms with Crippen LogP contribution in [0.3, 0.4) is 0 Å². The summed E-state index contributed by atoms with van der Waals surface area (Å²) in [7, 11) is 0. The lowest BCUT2D eigenvalue weighted by molar-refractivity contribution is -0.118. The Morgan fingerprint density at radius 1 is 1.17 bits per heavy atom. The summed E-state index contributed by atoms with van der Waals surface area (Å²) in [6, 6.07) is 8.56. The summed E-state index contributed by atoms with van der Waals surface area (Å²) in [5, 5.41) is 6.23. The van der Waals surface area contributed by atoms with Gasteiger partial charge in [0.25, 0.3) is 0 Å². The van der Waals surface area contributed by atoms with Gasteiger partial charge < -0.3 is 10.6 Å². The fraction of sp³-hybridized carbons (Fsp3) is 0.533. The van der Waals surface area contributed by atoms with Gasteiger partial charge >= 0.3 is 0 Å². The molecule has 100 valence electrons. The van der Waals surface area contributed by atoms with Crippen molar-refractivity contribution in [3.8, 4) is 0 Å². The molecule has 1 aromatic carbocycles. The van der Waals surface area contributed by atoms with Crippen molar-refractivity contribution in [2.24, 2.45) is 5.92 Å². The summed E-state index contributed by atoms with van der Waals surface area (Å²) in [6.45, 7) is 8.63. The van der Waals surface area contributed by atoms with E-state index in [2.05, 4.69) is 48.7 Å². The van der Waals surface area contributed by atoms with Crippen LogP contribution in [0.2, 0.25) is 0 Å². The number of rotatable bonds is 7. The molecule has 0 aliphatic rings. The number of carbonyl (C=O) groups is 1. The van der Waals surface area contributed by atoms with E-state index in [-0.39, 0.29) is 5.91 Å². The van der Waals surface area contributed by atoms with Crippen molar-refractivity contribution in [1.29, 1.82) is 0 Å². The maximum absolute atomic E-state index is 10.7. The molecule has 2 N–H and O–H groups in total. The topological polar surface area (TPSA) is 41.1 Å². The standard InChI is InChI=1S/C15H24N2O/c1-12(2)10-16-11-15-6-4-14(5-7-15)8-9-17-13(3)18/h4-7,12,16H,8-11H2,1-3H3,(H,17,18). The molecule has 0 saturated heterocycles. The first-order chi connectivity index (χ1) is 8.58. The Morgan fingerprint density at radius 2 is 1.78 bits per heavy atom. The van der Waals surface area contributed by atoms with Crippen molar-refractivity contribution in [3.63, 3.8) is 0 Å². The molecule has 18 heavy (non-hydrogen) atoms. The molecule has 0 atom stereocenters. The van der Waals surface area contributed by atoms with Crippen LogP contribution in [0.15, 0.2) is 24.3 Å². The second-order valence-electron chi connectivity index (χ2n) is 5.07. The molecule has 0 heterocycles. The van der Waals surface area contributed by atoms with Crippen molar-refractivity contribution in [2.75, 3.05) is 13.1 Å². The summed E-state index contributed by atoms with van der Waals surface area (Å²) in [5.74, 6) is 0.714. The Kier molecular flexibility index (Phi) is 6.44. The molecular weight excluding hydrogens is 224 g/mol. The second kappa shape index (κ2) is 7.88. The maximum atomic E-state index is 10.7. The maximum Gasteiger partial charge on any atom is 0.216 e. The summed E-state index contributed by atoms with van der Waals surface area (Å²) >= 11 is 0. The van der Waals surface area contributed by atoms with Crippen LogP contribution in [0, 0.1) is 5.92 Å². The molecule has 0 bridgehead atoms. The molecule has 1 aromatic rings. The fourth-order valence-electron chi connectivity index (χ4n) is 1.71. The molecule has 3 heteroatoms. The van der Waals surface area contributed by atoms with E-state index in [0.29, 0.717) is 12.5 Å². The van der Waals surface area contributed by atoms with Gasteiger partial charge in [-0.3, -0.25) is 4.79 Å². The molecule has 0 saturated carbocycles. The smallest absolute Gasteiger partial charge is 0.216 e. The molecule has 0 aliphatic carbocycles.